The number of hydrogen-bond acceptors (Lipinski definition) is 2. The van der Waals surface area contributed by atoms with Crippen LogP contribution in [0.4, 0.5) is 5.69 Å². The van der Waals surface area contributed by atoms with Gasteiger partial charge in [-0.15, -0.1) is 0 Å². The third-order valence-corrected chi connectivity index (χ3v) is 3.92. The summed E-state index contributed by atoms with van der Waals surface area (Å²) < 4.78 is 2.09. The van der Waals surface area contributed by atoms with Crippen molar-refractivity contribution in [3.63, 3.8) is 0 Å². The van der Waals surface area contributed by atoms with Crippen LogP contribution < -0.4 is 4.90 Å². The van der Waals surface area contributed by atoms with Crippen LogP contribution in [0.25, 0.3) is 22.2 Å². The van der Waals surface area contributed by atoms with Gasteiger partial charge in [-0.25, -0.2) is 0 Å². The molecule has 0 radical (unpaired) electrons. The highest BCUT2D eigenvalue weighted by Crippen LogP contribution is 2.32. The van der Waals surface area contributed by atoms with Crippen molar-refractivity contribution in [3.05, 3.63) is 54.1 Å². The molecule has 0 saturated heterocycles. The Bertz CT molecular complexity index is 798. The fraction of sp³-hybridized carbons (Fsp3) is 0.167. The van der Waals surface area contributed by atoms with E-state index in [2.05, 4.69) is 33.7 Å². The van der Waals surface area contributed by atoms with Crippen LogP contribution in [0.2, 0.25) is 0 Å². The molecule has 0 aliphatic carbocycles. The summed E-state index contributed by atoms with van der Waals surface area (Å²) >= 11 is 0. The maximum atomic E-state index is 11.6. The SMILES string of the molecule is CN(C)c1ccc(-c2c(C=O)c3ccccc3n2C)cc1. The van der Waals surface area contributed by atoms with E-state index in [4.69, 9.17) is 0 Å². The molecule has 1 aromatic heterocycles. The number of carbonyl (C=O) groups is 1. The molecule has 21 heavy (non-hydrogen) atoms. The normalized spacial score (nSPS) is 10.8. The Morgan fingerprint density at radius 1 is 1.00 bits per heavy atom. The number of aryl methyl sites for hydroxylation is 1. The molecule has 0 fully saturated rings. The van der Waals surface area contributed by atoms with Gasteiger partial charge in [0, 0.05) is 43.3 Å². The van der Waals surface area contributed by atoms with Gasteiger partial charge >= 0.3 is 0 Å². The zero-order valence-electron chi connectivity index (χ0n) is 12.5. The van der Waals surface area contributed by atoms with Gasteiger partial charge in [0.2, 0.25) is 0 Å². The Morgan fingerprint density at radius 3 is 2.29 bits per heavy atom. The van der Waals surface area contributed by atoms with E-state index in [0.29, 0.717) is 0 Å². The van der Waals surface area contributed by atoms with Crippen LogP contribution >= 0.6 is 0 Å². The Kier molecular flexibility index (Phi) is 3.26. The molecule has 3 nitrogen and oxygen atoms in total. The molecular weight excluding hydrogens is 260 g/mol. The minimum absolute atomic E-state index is 0.755. The molecule has 0 N–H and O–H groups in total. The first-order chi connectivity index (χ1) is 10.1. The van der Waals surface area contributed by atoms with Crippen LogP contribution in [0, 0.1) is 0 Å². The van der Waals surface area contributed by atoms with Crippen molar-refractivity contribution in [3.8, 4) is 11.3 Å². The van der Waals surface area contributed by atoms with Gasteiger partial charge in [-0.05, 0) is 23.8 Å². The number of aldehydes is 1. The average molecular weight is 278 g/mol. The number of carbonyl (C=O) groups excluding carboxylic acids is 1. The monoisotopic (exact) mass is 278 g/mol. The second-order valence-electron chi connectivity index (χ2n) is 5.40. The molecule has 0 aliphatic rings. The van der Waals surface area contributed by atoms with Gasteiger partial charge in [-0.3, -0.25) is 4.79 Å². The van der Waals surface area contributed by atoms with Gasteiger partial charge < -0.3 is 9.47 Å². The summed E-state index contributed by atoms with van der Waals surface area (Å²) in [5, 5.41) is 1.00. The lowest BCUT2D eigenvalue weighted by molar-refractivity contribution is 0.112. The lowest BCUT2D eigenvalue weighted by Crippen LogP contribution is -2.08. The Hall–Kier alpha value is -2.55. The fourth-order valence-electron chi connectivity index (χ4n) is 2.81. The largest absolute Gasteiger partial charge is 0.378 e. The molecule has 106 valence electrons. The number of anilines is 1. The Labute approximate surface area is 124 Å². The third-order valence-electron chi connectivity index (χ3n) is 3.92. The summed E-state index contributed by atoms with van der Waals surface area (Å²) in [4.78, 5) is 13.6. The van der Waals surface area contributed by atoms with E-state index in [-0.39, 0.29) is 0 Å². The standard InChI is InChI=1S/C18H18N2O/c1-19(2)14-10-8-13(9-11-14)18-16(12-21)15-6-4-5-7-17(15)20(18)3/h4-12H,1-3H3. The highest BCUT2D eigenvalue weighted by Gasteiger charge is 2.15. The molecule has 3 rings (SSSR count). The molecule has 0 atom stereocenters. The number of benzene rings is 2. The first-order valence-corrected chi connectivity index (χ1v) is 6.94. The number of rotatable bonds is 3. The number of hydrogen-bond donors (Lipinski definition) is 0. The van der Waals surface area contributed by atoms with Crippen LogP contribution in [-0.2, 0) is 7.05 Å². The first-order valence-electron chi connectivity index (χ1n) is 6.94. The molecule has 3 aromatic rings. The molecule has 1 heterocycles. The van der Waals surface area contributed by atoms with Gasteiger partial charge in [0.1, 0.15) is 0 Å². The van der Waals surface area contributed by atoms with E-state index in [1.54, 1.807) is 0 Å². The van der Waals surface area contributed by atoms with E-state index in [1.807, 2.05) is 45.4 Å². The van der Waals surface area contributed by atoms with Crippen molar-refractivity contribution in [1.82, 2.24) is 4.57 Å². The zero-order valence-corrected chi connectivity index (χ0v) is 12.5. The van der Waals surface area contributed by atoms with Crippen molar-refractivity contribution >= 4 is 22.9 Å². The van der Waals surface area contributed by atoms with Crippen LogP contribution in [-0.4, -0.2) is 24.9 Å². The summed E-state index contributed by atoms with van der Waals surface area (Å²) in [5.41, 5.74) is 5.00. The molecule has 3 heteroatoms. The number of fused-ring (bicyclic) bond motifs is 1. The van der Waals surface area contributed by atoms with Gasteiger partial charge in [0.15, 0.2) is 6.29 Å². The molecule has 2 aromatic carbocycles. The third kappa shape index (κ3) is 2.11. The second kappa shape index (κ2) is 5.09. The van der Waals surface area contributed by atoms with Crippen molar-refractivity contribution < 1.29 is 4.79 Å². The first kappa shape index (κ1) is 13.4. The van der Waals surface area contributed by atoms with Crippen LogP contribution in [0.15, 0.2) is 48.5 Å². The Balaban J connectivity index is 2.24. The van der Waals surface area contributed by atoms with Crippen LogP contribution in [0.1, 0.15) is 10.4 Å². The van der Waals surface area contributed by atoms with Crippen LogP contribution in [0.5, 0.6) is 0 Å². The van der Waals surface area contributed by atoms with E-state index in [9.17, 15) is 4.79 Å². The summed E-state index contributed by atoms with van der Waals surface area (Å²) in [6.07, 6.45) is 0.956. The highest BCUT2D eigenvalue weighted by atomic mass is 16.1. The molecule has 0 unspecified atom stereocenters. The smallest absolute Gasteiger partial charge is 0.152 e. The predicted octanol–water partition coefficient (Wildman–Crippen LogP) is 3.72. The molecule has 0 bridgehead atoms. The predicted molar refractivity (Wildman–Crippen MR) is 88.1 cm³/mol. The molecule has 0 spiro atoms. The van der Waals surface area contributed by atoms with Crippen LogP contribution in [0.3, 0.4) is 0 Å². The van der Waals surface area contributed by atoms with Crippen molar-refractivity contribution in [2.75, 3.05) is 19.0 Å². The fourth-order valence-corrected chi connectivity index (χ4v) is 2.81. The minimum Gasteiger partial charge on any atom is -0.378 e. The maximum Gasteiger partial charge on any atom is 0.152 e. The van der Waals surface area contributed by atoms with E-state index >= 15 is 0 Å². The quantitative estimate of drug-likeness (QED) is 0.682. The molecule has 0 saturated carbocycles. The Morgan fingerprint density at radius 2 is 1.67 bits per heavy atom. The lowest BCUT2D eigenvalue weighted by Gasteiger charge is -2.13. The number of aromatic nitrogens is 1. The van der Waals surface area contributed by atoms with E-state index in [0.717, 1.165) is 39.7 Å². The van der Waals surface area contributed by atoms with E-state index in [1.165, 1.54) is 0 Å². The van der Waals surface area contributed by atoms with E-state index < -0.39 is 0 Å². The molecule has 0 amide bonds. The van der Waals surface area contributed by atoms with Crippen molar-refractivity contribution in [1.29, 1.82) is 0 Å². The van der Waals surface area contributed by atoms with Gasteiger partial charge in [0.25, 0.3) is 0 Å². The molecular formula is C18H18N2O. The average Bonchev–Trinajstić information content (AvgIpc) is 2.80. The maximum absolute atomic E-state index is 11.6. The van der Waals surface area contributed by atoms with Crippen molar-refractivity contribution in [2.45, 2.75) is 0 Å². The van der Waals surface area contributed by atoms with Gasteiger partial charge in [0.05, 0.1) is 5.69 Å². The zero-order chi connectivity index (χ0) is 15.0. The second-order valence-corrected chi connectivity index (χ2v) is 5.40. The van der Waals surface area contributed by atoms with Crippen molar-refractivity contribution in [2.24, 2.45) is 7.05 Å². The summed E-state index contributed by atoms with van der Waals surface area (Å²) in [6.45, 7) is 0. The number of para-hydroxylation sites is 1. The minimum atomic E-state index is 0.755. The molecule has 0 aliphatic heterocycles. The van der Waals surface area contributed by atoms with Gasteiger partial charge in [-0.2, -0.15) is 0 Å². The lowest BCUT2D eigenvalue weighted by atomic mass is 10.1. The summed E-state index contributed by atoms with van der Waals surface area (Å²) in [6, 6.07) is 16.3. The van der Waals surface area contributed by atoms with Gasteiger partial charge in [-0.1, -0.05) is 30.3 Å². The highest BCUT2D eigenvalue weighted by molar-refractivity contribution is 6.05. The number of nitrogens with zero attached hydrogens (tertiary/aromatic N) is 2. The summed E-state index contributed by atoms with van der Waals surface area (Å²) in [7, 11) is 6.04. The summed E-state index contributed by atoms with van der Waals surface area (Å²) in [5.74, 6) is 0. The topological polar surface area (TPSA) is 25.2 Å².